The van der Waals surface area contributed by atoms with Crippen LogP contribution in [0.4, 0.5) is 8.78 Å². The van der Waals surface area contributed by atoms with E-state index in [1.807, 2.05) is 0 Å². The average molecular weight is 267 g/mol. The number of aryl methyl sites for hydroxylation is 1. The van der Waals surface area contributed by atoms with Gasteiger partial charge in [0.15, 0.2) is 0 Å². The first kappa shape index (κ1) is 12.9. The van der Waals surface area contributed by atoms with E-state index >= 15 is 0 Å². The van der Waals surface area contributed by atoms with Crippen LogP contribution in [0.15, 0.2) is 18.2 Å². The van der Waals surface area contributed by atoms with E-state index < -0.39 is 11.8 Å². The van der Waals surface area contributed by atoms with Crippen LogP contribution in [0.2, 0.25) is 0 Å². The van der Waals surface area contributed by atoms with Gasteiger partial charge in [0.05, 0.1) is 6.61 Å². The number of halogens is 2. The molecular formula is C15H19F2NO. The fourth-order valence-electron chi connectivity index (χ4n) is 2.99. The molecule has 2 aliphatic rings. The van der Waals surface area contributed by atoms with Gasteiger partial charge in [0.1, 0.15) is 5.75 Å². The molecule has 2 heterocycles. The maximum absolute atomic E-state index is 14.5. The number of rotatable bonds is 2. The van der Waals surface area contributed by atoms with Crippen LogP contribution in [0.5, 0.6) is 5.75 Å². The van der Waals surface area contributed by atoms with E-state index in [9.17, 15) is 8.78 Å². The van der Waals surface area contributed by atoms with Crippen LogP contribution in [0.25, 0.3) is 0 Å². The van der Waals surface area contributed by atoms with Gasteiger partial charge in [0.25, 0.3) is 5.92 Å². The molecule has 0 saturated carbocycles. The van der Waals surface area contributed by atoms with Gasteiger partial charge in [-0.15, -0.1) is 0 Å². The number of piperidine rings is 1. The first-order valence-electron chi connectivity index (χ1n) is 7.02. The van der Waals surface area contributed by atoms with Crippen LogP contribution in [-0.4, -0.2) is 19.7 Å². The lowest BCUT2D eigenvalue weighted by Crippen LogP contribution is -2.36. The molecule has 1 aromatic rings. The topological polar surface area (TPSA) is 21.3 Å². The third-order valence-corrected chi connectivity index (χ3v) is 4.15. The molecule has 1 fully saturated rings. The zero-order chi connectivity index (χ0) is 13.3. The summed E-state index contributed by atoms with van der Waals surface area (Å²) in [5.41, 5.74) is 1.08. The third-order valence-electron chi connectivity index (χ3n) is 4.15. The molecule has 2 nitrogen and oxygen atoms in total. The lowest BCUT2D eigenvalue weighted by molar-refractivity contribution is -0.0754. The van der Waals surface area contributed by atoms with E-state index in [1.54, 1.807) is 12.1 Å². The summed E-state index contributed by atoms with van der Waals surface area (Å²) in [6, 6.07) is 4.89. The van der Waals surface area contributed by atoms with Gasteiger partial charge in [-0.1, -0.05) is 0 Å². The molecule has 0 bridgehead atoms. The summed E-state index contributed by atoms with van der Waals surface area (Å²) in [6.45, 7) is 2.07. The highest BCUT2D eigenvalue weighted by Gasteiger charge is 2.41. The first-order valence-corrected chi connectivity index (χ1v) is 7.02. The molecule has 1 saturated heterocycles. The van der Waals surface area contributed by atoms with Crippen LogP contribution < -0.4 is 10.1 Å². The predicted molar refractivity (Wildman–Crippen MR) is 69.7 cm³/mol. The number of hydrogen-bond donors (Lipinski definition) is 1. The van der Waals surface area contributed by atoms with Crippen LogP contribution in [-0.2, 0) is 12.3 Å². The summed E-state index contributed by atoms with van der Waals surface area (Å²) in [5.74, 6) is -2.50. The molecule has 0 aromatic heterocycles. The minimum Gasteiger partial charge on any atom is -0.493 e. The molecule has 1 N–H and O–H groups in total. The third kappa shape index (κ3) is 2.46. The fourth-order valence-corrected chi connectivity index (χ4v) is 2.99. The second-order valence-electron chi connectivity index (χ2n) is 5.42. The first-order chi connectivity index (χ1) is 9.18. The van der Waals surface area contributed by atoms with Gasteiger partial charge in [-0.25, -0.2) is 8.78 Å². The van der Waals surface area contributed by atoms with Crippen molar-refractivity contribution in [1.29, 1.82) is 0 Å². The largest absolute Gasteiger partial charge is 0.493 e. The minimum atomic E-state index is -2.73. The van der Waals surface area contributed by atoms with Crippen molar-refractivity contribution in [2.45, 2.75) is 31.6 Å². The highest BCUT2D eigenvalue weighted by molar-refractivity contribution is 5.40. The Hall–Kier alpha value is -1.16. The Labute approximate surface area is 112 Å². The van der Waals surface area contributed by atoms with Crippen LogP contribution in [0.1, 0.15) is 30.4 Å². The summed E-state index contributed by atoms with van der Waals surface area (Å²) >= 11 is 0. The van der Waals surface area contributed by atoms with Crippen molar-refractivity contribution in [2.75, 3.05) is 19.7 Å². The summed E-state index contributed by atoms with van der Waals surface area (Å²) < 4.78 is 34.6. The smallest absolute Gasteiger partial charge is 0.276 e. The molecule has 3 rings (SSSR count). The number of benzene rings is 1. The maximum Gasteiger partial charge on any atom is 0.276 e. The molecule has 0 atom stereocenters. The van der Waals surface area contributed by atoms with Crippen molar-refractivity contribution in [1.82, 2.24) is 5.32 Å². The maximum atomic E-state index is 14.5. The summed E-state index contributed by atoms with van der Waals surface area (Å²) in [6.07, 6.45) is 2.84. The van der Waals surface area contributed by atoms with Gasteiger partial charge in [-0.05, 0) is 62.5 Å². The number of alkyl halides is 2. The monoisotopic (exact) mass is 267 g/mol. The molecular weight excluding hydrogens is 248 g/mol. The summed E-state index contributed by atoms with van der Waals surface area (Å²) in [7, 11) is 0. The number of nitrogens with one attached hydrogen (secondary N) is 1. The van der Waals surface area contributed by atoms with Crippen LogP contribution in [0.3, 0.4) is 0 Å². The van der Waals surface area contributed by atoms with Gasteiger partial charge in [-0.3, -0.25) is 0 Å². The van der Waals surface area contributed by atoms with E-state index in [4.69, 9.17) is 4.74 Å². The van der Waals surface area contributed by atoms with Crippen LogP contribution >= 0.6 is 0 Å². The van der Waals surface area contributed by atoms with E-state index in [-0.39, 0.29) is 5.56 Å². The van der Waals surface area contributed by atoms with Crippen molar-refractivity contribution >= 4 is 0 Å². The lowest BCUT2D eigenvalue weighted by atomic mass is 9.86. The number of hydrogen-bond acceptors (Lipinski definition) is 2. The molecule has 0 unspecified atom stereocenters. The van der Waals surface area contributed by atoms with Crippen molar-refractivity contribution in [3.8, 4) is 5.75 Å². The zero-order valence-corrected chi connectivity index (χ0v) is 10.9. The molecule has 0 aliphatic carbocycles. The molecule has 0 amide bonds. The molecule has 1 aromatic carbocycles. The Morgan fingerprint density at radius 3 is 2.79 bits per heavy atom. The minimum absolute atomic E-state index is 0.156. The van der Waals surface area contributed by atoms with Crippen molar-refractivity contribution in [3.63, 3.8) is 0 Å². The summed E-state index contributed by atoms with van der Waals surface area (Å²) in [4.78, 5) is 0. The second-order valence-corrected chi connectivity index (χ2v) is 5.42. The Balaban J connectivity index is 1.87. The van der Waals surface area contributed by atoms with Gasteiger partial charge >= 0.3 is 0 Å². The van der Waals surface area contributed by atoms with Crippen molar-refractivity contribution < 1.29 is 13.5 Å². The summed E-state index contributed by atoms with van der Waals surface area (Å²) in [5, 5.41) is 3.13. The second kappa shape index (κ2) is 5.08. The van der Waals surface area contributed by atoms with Gasteiger partial charge < -0.3 is 10.1 Å². The van der Waals surface area contributed by atoms with E-state index in [2.05, 4.69) is 5.32 Å². The molecule has 0 spiro atoms. The highest BCUT2D eigenvalue weighted by atomic mass is 19.3. The molecule has 104 valence electrons. The molecule has 19 heavy (non-hydrogen) atoms. The molecule has 0 radical (unpaired) electrons. The van der Waals surface area contributed by atoms with Crippen molar-refractivity contribution in [3.05, 3.63) is 29.3 Å². The zero-order valence-electron chi connectivity index (χ0n) is 10.9. The predicted octanol–water partition coefficient (Wildman–Crippen LogP) is 3.10. The Morgan fingerprint density at radius 2 is 2.00 bits per heavy atom. The Kier molecular flexibility index (Phi) is 3.44. The van der Waals surface area contributed by atoms with E-state index in [0.717, 1.165) is 24.2 Å². The van der Waals surface area contributed by atoms with Crippen molar-refractivity contribution in [2.24, 2.45) is 5.92 Å². The Morgan fingerprint density at radius 1 is 1.21 bits per heavy atom. The standard InChI is InChI=1S/C15H19F2NO/c16-15(17,12-5-7-18-8-6-12)13-3-4-14-11(10-13)2-1-9-19-14/h3-4,10,12,18H,1-2,5-9H2. The van der Waals surface area contributed by atoms with Gasteiger partial charge in [-0.2, -0.15) is 0 Å². The Bertz CT molecular complexity index is 455. The van der Waals surface area contributed by atoms with E-state index in [1.165, 1.54) is 6.07 Å². The van der Waals surface area contributed by atoms with Crippen LogP contribution in [0, 0.1) is 5.92 Å². The number of fused-ring (bicyclic) bond motifs is 1. The molecule has 2 aliphatic heterocycles. The highest BCUT2D eigenvalue weighted by Crippen LogP contribution is 2.42. The van der Waals surface area contributed by atoms with E-state index in [0.29, 0.717) is 32.5 Å². The fraction of sp³-hybridized carbons (Fsp3) is 0.600. The molecule has 4 heteroatoms. The SMILES string of the molecule is FC(F)(c1ccc2c(c1)CCCO2)C1CCNCC1. The number of ether oxygens (including phenoxy) is 1. The normalized spacial score (nSPS) is 20.7. The average Bonchev–Trinajstić information content (AvgIpc) is 2.47. The quantitative estimate of drug-likeness (QED) is 0.889. The van der Waals surface area contributed by atoms with Gasteiger partial charge in [0.2, 0.25) is 0 Å². The van der Waals surface area contributed by atoms with Gasteiger partial charge in [0, 0.05) is 11.5 Å². The lowest BCUT2D eigenvalue weighted by Gasteiger charge is -2.31.